The number of rotatable bonds is 5. The van der Waals surface area contributed by atoms with Gasteiger partial charge in [-0.2, -0.15) is 0 Å². The van der Waals surface area contributed by atoms with Crippen LogP contribution in [0.15, 0.2) is 18.2 Å². The van der Waals surface area contributed by atoms with Gasteiger partial charge in [-0.25, -0.2) is 0 Å². The molecule has 2 N–H and O–H groups in total. The van der Waals surface area contributed by atoms with Gasteiger partial charge in [0.05, 0.1) is 6.61 Å². The maximum Gasteiger partial charge on any atom is 0.573 e. The summed E-state index contributed by atoms with van der Waals surface area (Å²) in [5.74, 6) is 0.0845. The van der Waals surface area contributed by atoms with Crippen molar-refractivity contribution >= 4 is 0 Å². The van der Waals surface area contributed by atoms with E-state index in [0.717, 1.165) is 5.56 Å². The van der Waals surface area contributed by atoms with Gasteiger partial charge in [-0.15, -0.1) is 13.2 Å². The normalized spacial score (nSPS) is 13.2. The van der Waals surface area contributed by atoms with E-state index in [4.69, 9.17) is 10.5 Å². The summed E-state index contributed by atoms with van der Waals surface area (Å²) in [5.41, 5.74) is 6.30. The molecule has 0 saturated carbocycles. The molecular weight excluding hydrogens is 247 g/mol. The number of hydrogen-bond acceptors (Lipinski definition) is 3. The minimum absolute atomic E-state index is 0.0140. The van der Waals surface area contributed by atoms with Crippen molar-refractivity contribution in [3.8, 4) is 11.5 Å². The quantitative estimate of drug-likeness (QED) is 0.888. The van der Waals surface area contributed by atoms with Crippen LogP contribution in [0, 0.1) is 6.92 Å². The number of nitrogens with two attached hydrogens (primary N) is 1. The first kappa shape index (κ1) is 14.6. The highest BCUT2D eigenvalue weighted by atomic mass is 19.4. The molecule has 1 atom stereocenters. The lowest BCUT2D eigenvalue weighted by atomic mass is 10.2. The molecule has 0 aliphatic rings. The molecule has 1 aromatic carbocycles. The van der Waals surface area contributed by atoms with Gasteiger partial charge in [0.15, 0.2) is 0 Å². The molecule has 0 amide bonds. The number of aryl methyl sites for hydroxylation is 1. The monoisotopic (exact) mass is 263 g/mol. The maximum absolute atomic E-state index is 12.1. The van der Waals surface area contributed by atoms with Crippen molar-refractivity contribution in [2.24, 2.45) is 5.73 Å². The highest BCUT2D eigenvalue weighted by Crippen LogP contribution is 2.28. The van der Waals surface area contributed by atoms with Gasteiger partial charge in [0, 0.05) is 12.1 Å². The summed E-state index contributed by atoms with van der Waals surface area (Å²) in [4.78, 5) is 0. The van der Waals surface area contributed by atoms with Gasteiger partial charge in [0.1, 0.15) is 11.5 Å². The Labute approximate surface area is 104 Å². The number of hydrogen-bond donors (Lipinski definition) is 1. The molecule has 0 spiro atoms. The zero-order valence-electron chi connectivity index (χ0n) is 10.3. The Bertz CT molecular complexity index is 391. The van der Waals surface area contributed by atoms with Crippen LogP contribution in [0.4, 0.5) is 13.2 Å². The van der Waals surface area contributed by atoms with E-state index in [9.17, 15) is 13.2 Å². The van der Waals surface area contributed by atoms with Crippen molar-refractivity contribution in [2.75, 3.05) is 6.61 Å². The van der Waals surface area contributed by atoms with Crippen LogP contribution in [0.1, 0.15) is 18.9 Å². The minimum atomic E-state index is -4.70. The van der Waals surface area contributed by atoms with Crippen LogP contribution in [-0.2, 0) is 0 Å². The molecule has 0 aliphatic heterocycles. The summed E-state index contributed by atoms with van der Waals surface area (Å²) < 4.78 is 45.4. The summed E-state index contributed by atoms with van der Waals surface area (Å²) in [5, 5.41) is 0. The summed E-state index contributed by atoms with van der Waals surface area (Å²) >= 11 is 0. The smallest absolute Gasteiger partial charge is 0.493 e. The lowest BCUT2D eigenvalue weighted by Gasteiger charge is -2.13. The standard InChI is InChI=1S/C12H16F3NO2/c1-8-3-4-10(18-12(13,14)15)7-11(8)17-6-5-9(2)16/h3-4,7,9H,5-6,16H2,1-2H3. The van der Waals surface area contributed by atoms with E-state index in [1.165, 1.54) is 18.2 Å². The first-order valence-corrected chi connectivity index (χ1v) is 5.52. The fourth-order valence-electron chi connectivity index (χ4n) is 1.29. The lowest BCUT2D eigenvalue weighted by molar-refractivity contribution is -0.274. The van der Waals surface area contributed by atoms with Crippen LogP contribution < -0.4 is 15.2 Å². The number of benzene rings is 1. The van der Waals surface area contributed by atoms with E-state index in [1.54, 1.807) is 6.92 Å². The SMILES string of the molecule is Cc1ccc(OC(F)(F)F)cc1OCCC(C)N. The fraction of sp³-hybridized carbons (Fsp3) is 0.500. The molecule has 0 fully saturated rings. The van der Waals surface area contributed by atoms with Crippen molar-refractivity contribution < 1.29 is 22.6 Å². The van der Waals surface area contributed by atoms with Crippen LogP contribution in [-0.4, -0.2) is 19.0 Å². The van der Waals surface area contributed by atoms with Gasteiger partial charge in [-0.05, 0) is 31.9 Å². The van der Waals surface area contributed by atoms with E-state index >= 15 is 0 Å². The summed E-state index contributed by atoms with van der Waals surface area (Å²) in [6, 6.07) is 3.98. The Morgan fingerprint density at radius 3 is 2.56 bits per heavy atom. The largest absolute Gasteiger partial charge is 0.573 e. The van der Waals surface area contributed by atoms with Crippen molar-refractivity contribution in [1.29, 1.82) is 0 Å². The third kappa shape index (κ3) is 5.27. The molecule has 0 heterocycles. The predicted molar refractivity (Wildman–Crippen MR) is 61.6 cm³/mol. The molecule has 3 nitrogen and oxygen atoms in total. The average molecular weight is 263 g/mol. The van der Waals surface area contributed by atoms with Crippen LogP contribution in [0.3, 0.4) is 0 Å². The third-order valence-corrected chi connectivity index (χ3v) is 2.22. The molecule has 0 saturated heterocycles. The molecule has 102 valence electrons. The van der Waals surface area contributed by atoms with Crippen LogP contribution in [0.5, 0.6) is 11.5 Å². The van der Waals surface area contributed by atoms with Gasteiger partial charge in [0.2, 0.25) is 0 Å². The van der Waals surface area contributed by atoms with Gasteiger partial charge >= 0.3 is 6.36 Å². The Kier molecular flexibility index (Phi) is 4.84. The summed E-state index contributed by atoms with van der Waals surface area (Å²) in [7, 11) is 0. The molecule has 1 unspecified atom stereocenters. The number of halogens is 3. The molecule has 0 aliphatic carbocycles. The van der Waals surface area contributed by atoms with Crippen molar-refractivity contribution in [3.05, 3.63) is 23.8 Å². The van der Waals surface area contributed by atoms with Gasteiger partial charge in [-0.1, -0.05) is 6.07 Å². The molecule has 1 rings (SSSR count). The summed E-state index contributed by atoms with van der Waals surface area (Å²) in [6.45, 7) is 3.94. The first-order chi connectivity index (χ1) is 8.28. The van der Waals surface area contributed by atoms with Crippen LogP contribution >= 0.6 is 0 Å². The van der Waals surface area contributed by atoms with Crippen LogP contribution in [0.25, 0.3) is 0 Å². The third-order valence-electron chi connectivity index (χ3n) is 2.22. The second-order valence-electron chi connectivity index (χ2n) is 4.09. The average Bonchev–Trinajstić information content (AvgIpc) is 2.20. The maximum atomic E-state index is 12.1. The van der Waals surface area contributed by atoms with E-state index in [2.05, 4.69) is 4.74 Å². The Balaban J connectivity index is 2.69. The molecule has 0 aromatic heterocycles. The molecular formula is C12H16F3NO2. The molecule has 0 radical (unpaired) electrons. The van der Waals surface area contributed by atoms with E-state index < -0.39 is 6.36 Å². The second-order valence-corrected chi connectivity index (χ2v) is 4.09. The molecule has 0 bridgehead atoms. The Morgan fingerprint density at radius 1 is 1.33 bits per heavy atom. The number of ether oxygens (including phenoxy) is 2. The fourth-order valence-corrected chi connectivity index (χ4v) is 1.29. The Hall–Kier alpha value is -1.43. The minimum Gasteiger partial charge on any atom is -0.493 e. The Morgan fingerprint density at radius 2 is 2.00 bits per heavy atom. The zero-order chi connectivity index (χ0) is 13.8. The first-order valence-electron chi connectivity index (χ1n) is 5.52. The van der Waals surface area contributed by atoms with Crippen LogP contribution in [0.2, 0.25) is 0 Å². The van der Waals surface area contributed by atoms with E-state index in [1.807, 2.05) is 6.92 Å². The van der Waals surface area contributed by atoms with E-state index in [0.29, 0.717) is 18.8 Å². The van der Waals surface area contributed by atoms with Gasteiger partial charge < -0.3 is 15.2 Å². The summed E-state index contributed by atoms with van der Waals surface area (Å²) in [6.07, 6.45) is -4.07. The highest BCUT2D eigenvalue weighted by molar-refractivity contribution is 5.39. The van der Waals surface area contributed by atoms with Gasteiger partial charge in [0.25, 0.3) is 0 Å². The van der Waals surface area contributed by atoms with Crippen molar-refractivity contribution in [2.45, 2.75) is 32.7 Å². The number of alkyl halides is 3. The van der Waals surface area contributed by atoms with E-state index in [-0.39, 0.29) is 11.8 Å². The van der Waals surface area contributed by atoms with Gasteiger partial charge in [-0.3, -0.25) is 0 Å². The van der Waals surface area contributed by atoms with Crippen molar-refractivity contribution in [3.63, 3.8) is 0 Å². The topological polar surface area (TPSA) is 44.5 Å². The second kappa shape index (κ2) is 5.95. The van der Waals surface area contributed by atoms with Crippen molar-refractivity contribution in [1.82, 2.24) is 0 Å². The predicted octanol–water partition coefficient (Wildman–Crippen LogP) is 3.01. The molecule has 6 heteroatoms. The molecule has 1 aromatic rings. The zero-order valence-corrected chi connectivity index (χ0v) is 10.3. The molecule has 18 heavy (non-hydrogen) atoms. The highest BCUT2D eigenvalue weighted by Gasteiger charge is 2.31. The lowest BCUT2D eigenvalue weighted by Crippen LogP contribution is -2.18.